The lowest BCUT2D eigenvalue weighted by molar-refractivity contribution is -0.182. The molecule has 9 heteroatoms. The van der Waals surface area contributed by atoms with Gasteiger partial charge >= 0.3 is 0 Å². The highest BCUT2D eigenvalue weighted by Gasteiger charge is 2.51. The molecule has 0 amide bonds. The standard InChI is InChI=1S/C22H24F2N4O2S/c1-14-4-3-7-25-20(14)28-12-16(15(2)26-28)11-27-8-5-21(6-9-27)19-17(10-18(29)31-19)22(23,24)13-30-21/h3-4,7,10,12,29H,5-6,8-9,11,13H2,1-2H3. The van der Waals surface area contributed by atoms with Crippen LogP contribution in [0.1, 0.15) is 40.1 Å². The first-order valence-electron chi connectivity index (χ1n) is 10.3. The van der Waals surface area contributed by atoms with Gasteiger partial charge in [0.05, 0.1) is 5.69 Å². The van der Waals surface area contributed by atoms with Gasteiger partial charge < -0.3 is 9.84 Å². The van der Waals surface area contributed by atoms with Crippen LogP contribution in [0.15, 0.2) is 30.6 Å². The maximum atomic E-state index is 14.3. The predicted molar refractivity (Wildman–Crippen MR) is 113 cm³/mol. The van der Waals surface area contributed by atoms with Gasteiger partial charge in [-0.3, -0.25) is 4.90 Å². The molecule has 1 saturated heterocycles. The number of aromatic nitrogens is 3. The van der Waals surface area contributed by atoms with Crippen molar-refractivity contribution < 1.29 is 18.6 Å². The number of halogens is 2. The van der Waals surface area contributed by atoms with Crippen LogP contribution in [0, 0.1) is 13.8 Å². The van der Waals surface area contributed by atoms with E-state index in [1.807, 2.05) is 36.9 Å². The summed E-state index contributed by atoms with van der Waals surface area (Å²) in [6, 6.07) is 5.11. The molecule has 0 atom stereocenters. The van der Waals surface area contributed by atoms with Gasteiger partial charge in [0.2, 0.25) is 0 Å². The molecule has 0 aromatic carbocycles. The van der Waals surface area contributed by atoms with E-state index in [-0.39, 0.29) is 10.6 Å². The lowest BCUT2D eigenvalue weighted by Gasteiger charge is -2.45. The summed E-state index contributed by atoms with van der Waals surface area (Å²) >= 11 is 1.02. The van der Waals surface area contributed by atoms with Gasteiger partial charge in [0.15, 0.2) is 10.9 Å². The summed E-state index contributed by atoms with van der Waals surface area (Å²) in [4.78, 5) is 7.21. The molecule has 1 spiro atoms. The summed E-state index contributed by atoms with van der Waals surface area (Å²) in [6.45, 7) is 5.53. The minimum atomic E-state index is -3.05. The largest absolute Gasteiger partial charge is 0.499 e. The Labute approximate surface area is 183 Å². The van der Waals surface area contributed by atoms with Crippen molar-refractivity contribution in [3.8, 4) is 10.9 Å². The van der Waals surface area contributed by atoms with Crippen molar-refractivity contribution in [2.24, 2.45) is 0 Å². The molecule has 0 aliphatic carbocycles. The van der Waals surface area contributed by atoms with E-state index in [4.69, 9.17) is 4.74 Å². The second-order valence-corrected chi connectivity index (χ2v) is 9.45. The number of rotatable bonds is 3. The Bertz CT molecular complexity index is 1120. The first-order chi connectivity index (χ1) is 14.8. The van der Waals surface area contributed by atoms with E-state index in [1.54, 1.807) is 6.20 Å². The molecule has 2 aliphatic rings. The quantitative estimate of drug-likeness (QED) is 0.651. The molecule has 6 nitrogen and oxygen atoms in total. The normalized spacial score (nSPS) is 20.1. The van der Waals surface area contributed by atoms with Crippen LogP contribution in [0.25, 0.3) is 5.82 Å². The zero-order chi connectivity index (χ0) is 21.8. The van der Waals surface area contributed by atoms with Crippen molar-refractivity contribution in [2.75, 3.05) is 19.7 Å². The maximum absolute atomic E-state index is 14.3. The van der Waals surface area contributed by atoms with Crippen LogP contribution >= 0.6 is 11.3 Å². The van der Waals surface area contributed by atoms with Gasteiger partial charge in [-0.15, -0.1) is 11.3 Å². The molecular weight excluding hydrogens is 422 g/mol. The Balaban J connectivity index is 1.32. The number of fused-ring (bicyclic) bond motifs is 2. The average Bonchev–Trinajstić information content (AvgIpc) is 3.31. The van der Waals surface area contributed by atoms with Crippen molar-refractivity contribution in [1.82, 2.24) is 19.7 Å². The van der Waals surface area contributed by atoms with E-state index < -0.39 is 18.1 Å². The van der Waals surface area contributed by atoms with E-state index in [9.17, 15) is 13.9 Å². The third kappa shape index (κ3) is 3.54. The minimum Gasteiger partial charge on any atom is -0.499 e. The summed E-state index contributed by atoms with van der Waals surface area (Å²) in [5.74, 6) is -2.24. The van der Waals surface area contributed by atoms with E-state index in [2.05, 4.69) is 15.0 Å². The van der Waals surface area contributed by atoms with E-state index in [0.29, 0.717) is 17.7 Å². The van der Waals surface area contributed by atoms with Crippen molar-refractivity contribution >= 4 is 11.3 Å². The number of nitrogens with zero attached hydrogens (tertiary/aromatic N) is 4. The van der Waals surface area contributed by atoms with Gasteiger partial charge in [-0.1, -0.05) is 6.07 Å². The number of alkyl halides is 2. The third-order valence-corrected chi connectivity index (χ3v) is 7.44. The van der Waals surface area contributed by atoms with Crippen LogP contribution in [-0.2, 0) is 22.8 Å². The molecule has 0 radical (unpaired) electrons. The van der Waals surface area contributed by atoms with Crippen LogP contribution in [-0.4, -0.2) is 44.5 Å². The fraction of sp³-hybridized carbons (Fsp3) is 0.455. The first kappa shape index (κ1) is 20.5. The number of hydrogen-bond donors (Lipinski definition) is 1. The molecule has 3 aromatic rings. The van der Waals surface area contributed by atoms with Gasteiger partial charge in [0.25, 0.3) is 5.92 Å². The second kappa shape index (κ2) is 7.36. The molecule has 0 unspecified atom stereocenters. The number of likely N-dealkylation sites (tertiary alicyclic amines) is 1. The molecule has 5 rings (SSSR count). The molecular formula is C22H24F2N4O2S. The number of aryl methyl sites for hydroxylation is 2. The number of ether oxygens (including phenoxy) is 1. The van der Waals surface area contributed by atoms with Gasteiger partial charge in [-0.05, 0) is 38.3 Å². The van der Waals surface area contributed by atoms with E-state index in [0.717, 1.165) is 53.6 Å². The van der Waals surface area contributed by atoms with Crippen molar-refractivity contribution in [1.29, 1.82) is 0 Å². The van der Waals surface area contributed by atoms with Crippen LogP contribution < -0.4 is 0 Å². The topological polar surface area (TPSA) is 63.4 Å². The van der Waals surface area contributed by atoms with Gasteiger partial charge in [-0.2, -0.15) is 13.9 Å². The molecule has 5 heterocycles. The Morgan fingerprint density at radius 2 is 2.03 bits per heavy atom. The average molecular weight is 447 g/mol. The lowest BCUT2D eigenvalue weighted by atomic mass is 9.84. The van der Waals surface area contributed by atoms with Gasteiger partial charge in [0.1, 0.15) is 12.2 Å². The summed E-state index contributed by atoms with van der Waals surface area (Å²) < 4.78 is 36.1. The molecule has 2 aliphatic heterocycles. The highest BCUT2D eigenvalue weighted by Crippen LogP contribution is 2.53. The highest BCUT2D eigenvalue weighted by molar-refractivity contribution is 7.14. The predicted octanol–water partition coefficient (Wildman–Crippen LogP) is 4.26. The highest BCUT2D eigenvalue weighted by atomic mass is 32.1. The van der Waals surface area contributed by atoms with Crippen LogP contribution in [0.3, 0.4) is 0 Å². The zero-order valence-electron chi connectivity index (χ0n) is 17.4. The minimum absolute atomic E-state index is 0.0717. The number of hydrogen-bond acceptors (Lipinski definition) is 6. The van der Waals surface area contributed by atoms with Crippen LogP contribution in [0.5, 0.6) is 5.06 Å². The number of pyridine rings is 1. The molecule has 0 saturated carbocycles. The third-order valence-electron chi connectivity index (χ3n) is 6.31. The Morgan fingerprint density at radius 1 is 1.26 bits per heavy atom. The molecule has 0 bridgehead atoms. The summed E-state index contributed by atoms with van der Waals surface area (Å²) in [7, 11) is 0. The fourth-order valence-electron chi connectivity index (χ4n) is 4.52. The fourth-order valence-corrected chi connectivity index (χ4v) is 5.67. The summed E-state index contributed by atoms with van der Waals surface area (Å²) in [6.07, 6.45) is 5.00. The SMILES string of the molecule is Cc1cccnc1-n1cc(CN2CCC3(CC2)OCC(F)(F)c2cc(O)sc23)c(C)n1. The Morgan fingerprint density at radius 3 is 2.77 bits per heavy atom. The van der Waals surface area contributed by atoms with Crippen molar-refractivity contribution in [3.05, 3.63) is 57.9 Å². The van der Waals surface area contributed by atoms with Crippen LogP contribution in [0.4, 0.5) is 8.78 Å². The smallest absolute Gasteiger partial charge is 0.297 e. The van der Waals surface area contributed by atoms with Crippen LogP contribution in [0.2, 0.25) is 0 Å². The molecule has 1 N–H and O–H groups in total. The number of piperidine rings is 1. The van der Waals surface area contributed by atoms with Crippen molar-refractivity contribution in [2.45, 2.75) is 44.8 Å². The molecule has 1 fully saturated rings. The monoisotopic (exact) mass is 446 g/mol. The zero-order valence-corrected chi connectivity index (χ0v) is 18.3. The first-order valence-corrected chi connectivity index (χ1v) is 11.1. The Kier molecular flexibility index (Phi) is 4.87. The van der Waals surface area contributed by atoms with Gasteiger partial charge in [-0.25, -0.2) is 9.67 Å². The van der Waals surface area contributed by atoms with E-state index >= 15 is 0 Å². The Hall–Kier alpha value is -2.36. The number of thiophene rings is 1. The summed E-state index contributed by atoms with van der Waals surface area (Å²) in [5.41, 5.74) is 2.31. The molecule has 3 aromatic heterocycles. The van der Waals surface area contributed by atoms with Crippen molar-refractivity contribution in [3.63, 3.8) is 0 Å². The van der Waals surface area contributed by atoms with E-state index in [1.165, 1.54) is 6.07 Å². The lowest BCUT2D eigenvalue weighted by Crippen LogP contribution is -2.48. The second-order valence-electron chi connectivity index (χ2n) is 8.42. The molecule has 164 valence electrons. The summed E-state index contributed by atoms with van der Waals surface area (Å²) in [5, 5.41) is 14.4. The number of aromatic hydroxyl groups is 1. The van der Waals surface area contributed by atoms with Gasteiger partial charge in [0, 0.05) is 54.1 Å². The molecule has 31 heavy (non-hydrogen) atoms. The maximum Gasteiger partial charge on any atom is 0.297 e.